The third-order valence-corrected chi connectivity index (χ3v) is 4.01. The Bertz CT molecular complexity index is 574. The van der Waals surface area contributed by atoms with E-state index in [1.807, 2.05) is 12.1 Å². The molecule has 2 aromatic carbocycles. The Morgan fingerprint density at radius 3 is 2.15 bits per heavy atom. The van der Waals surface area contributed by atoms with Crippen LogP contribution in [-0.4, -0.2) is 0 Å². The summed E-state index contributed by atoms with van der Waals surface area (Å²) in [6.07, 6.45) is 0. The fourth-order valence-corrected chi connectivity index (χ4v) is 2.75. The Morgan fingerprint density at radius 2 is 1.55 bits per heavy atom. The minimum absolute atomic E-state index is 0.294. The van der Waals surface area contributed by atoms with Crippen molar-refractivity contribution < 1.29 is 0 Å². The van der Waals surface area contributed by atoms with Crippen LogP contribution in [0.3, 0.4) is 0 Å². The topological polar surface area (TPSA) is 12.0 Å². The third-order valence-electron chi connectivity index (χ3n) is 3.76. The molecule has 1 unspecified atom stereocenters. The van der Waals surface area contributed by atoms with Crippen LogP contribution in [0.1, 0.15) is 48.2 Å². The smallest absolute Gasteiger partial charge is 0.0406 e. The summed E-state index contributed by atoms with van der Waals surface area (Å²) in [6.45, 7) is 8.70. The van der Waals surface area contributed by atoms with E-state index in [1.54, 1.807) is 0 Å². The highest BCUT2D eigenvalue weighted by atomic mass is 35.5. The average molecular weight is 288 g/mol. The van der Waals surface area contributed by atoms with Crippen LogP contribution in [0, 0.1) is 13.8 Å². The molecule has 1 N–H and O–H groups in total. The lowest BCUT2D eigenvalue weighted by molar-refractivity contribution is 0.493. The van der Waals surface area contributed by atoms with Crippen molar-refractivity contribution in [1.82, 2.24) is 5.32 Å². The Hall–Kier alpha value is -1.31. The van der Waals surface area contributed by atoms with Crippen molar-refractivity contribution in [2.75, 3.05) is 0 Å². The first-order valence-electron chi connectivity index (χ1n) is 7.06. The van der Waals surface area contributed by atoms with Crippen LogP contribution in [0.25, 0.3) is 0 Å². The molecule has 0 aliphatic heterocycles. The van der Waals surface area contributed by atoms with Gasteiger partial charge in [-0.05, 0) is 56.5 Å². The van der Waals surface area contributed by atoms with Gasteiger partial charge in [0, 0.05) is 17.1 Å². The van der Waals surface area contributed by atoms with Crippen LogP contribution >= 0.6 is 11.6 Å². The quantitative estimate of drug-likeness (QED) is 0.797. The molecular formula is C18H22ClN. The maximum absolute atomic E-state index is 5.93. The highest BCUT2D eigenvalue weighted by molar-refractivity contribution is 6.30. The number of hydrogen-bond donors (Lipinski definition) is 1. The normalized spacial score (nSPS) is 14.1. The zero-order chi connectivity index (χ0) is 14.7. The largest absolute Gasteiger partial charge is 0.304 e. The number of rotatable bonds is 4. The lowest BCUT2D eigenvalue weighted by Crippen LogP contribution is -2.23. The number of nitrogens with one attached hydrogen (secondary N) is 1. The Morgan fingerprint density at radius 1 is 0.900 bits per heavy atom. The average Bonchev–Trinajstić information content (AvgIpc) is 2.39. The van der Waals surface area contributed by atoms with Crippen molar-refractivity contribution in [2.45, 2.75) is 39.8 Å². The van der Waals surface area contributed by atoms with E-state index in [4.69, 9.17) is 11.6 Å². The van der Waals surface area contributed by atoms with Crippen molar-refractivity contribution in [1.29, 1.82) is 0 Å². The molecule has 0 aliphatic carbocycles. The van der Waals surface area contributed by atoms with Crippen LogP contribution in [0.5, 0.6) is 0 Å². The molecule has 0 bridgehead atoms. The van der Waals surface area contributed by atoms with Crippen molar-refractivity contribution in [3.05, 3.63) is 69.7 Å². The molecule has 0 amide bonds. The van der Waals surface area contributed by atoms with E-state index in [9.17, 15) is 0 Å². The Balaban J connectivity index is 2.10. The summed E-state index contributed by atoms with van der Waals surface area (Å²) in [6, 6.07) is 15.3. The van der Waals surface area contributed by atoms with Gasteiger partial charge in [-0.3, -0.25) is 0 Å². The predicted molar refractivity (Wildman–Crippen MR) is 87.3 cm³/mol. The number of hydrogen-bond acceptors (Lipinski definition) is 1. The zero-order valence-electron chi connectivity index (χ0n) is 12.6. The summed E-state index contributed by atoms with van der Waals surface area (Å²) >= 11 is 5.93. The van der Waals surface area contributed by atoms with E-state index in [0.29, 0.717) is 12.1 Å². The summed E-state index contributed by atoms with van der Waals surface area (Å²) in [7, 11) is 0. The minimum atomic E-state index is 0.294. The van der Waals surface area contributed by atoms with Gasteiger partial charge in [-0.25, -0.2) is 0 Å². The number of halogens is 1. The maximum Gasteiger partial charge on any atom is 0.0406 e. The first-order chi connectivity index (χ1) is 9.47. The van der Waals surface area contributed by atoms with Crippen LogP contribution in [0.15, 0.2) is 42.5 Å². The molecule has 0 heterocycles. The summed E-state index contributed by atoms with van der Waals surface area (Å²) in [5.41, 5.74) is 5.26. The van der Waals surface area contributed by atoms with Gasteiger partial charge >= 0.3 is 0 Å². The molecule has 0 aromatic heterocycles. The summed E-state index contributed by atoms with van der Waals surface area (Å²) in [4.78, 5) is 0. The van der Waals surface area contributed by atoms with E-state index in [1.165, 1.54) is 22.3 Å². The van der Waals surface area contributed by atoms with Gasteiger partial charge in [-0.2, -0.15) is 0 Å². The molecule has 2 heteroatoms. The molecule has 0 saturated carbocycles. The first kappa shape index (κ1) is 15.1. The molecule has 106 valence electrons. The third kappa shape index (κ3) is 3.62. The van der Waals surface area contributed by atoms with Gasteiger partial charge in [0.2, 0.25) is 0 Å². The molecule has 20 heavy (non-hydrogen) atoms. The van der Waals surface area contributed by atoms with Crippen LogP contribution in [0.2, 0.25) is 5.02 Å². The highest BCUT2D eigenvalue weighted by Gasteiger charge is 2.12. The molecule has 1 nitrogen and oxygen atoms in total. The lowest BCUT2D eigenvalue weighted by Gasteiger charge is -2.22. The zero-order valence-corrected chi connectivity index (χ0v) is 13.3. The number of benzene rings is 2. The fraction of sp³-hybridized carbons (Fsp3) is 0.333. The molecular weight excluding hydrogens is 266 g/mol. The molecule has 2 atom stereocenters. The highest BCUT2D eigenvalue weighted by Crippen LogP contribution is 2.23. The first-order valence-corrected chi connectivity index (χ1v) is 7.44. The van der Waals surface area contributed by atoms with Crippen molar-refractivity contribution in [3.63, 3.8) is 0 Å². The maximum atomic E-state index is 5.93. The van der Waals surface area contributed by atoms with Gasteiger partial charge in [0.15, 0.2) is 0 Å². The molecule has 0 spiro atoms. The fourth-order valence-electron chi connectivity index (χ4n) is 2.62. The summed E-state index contributed by atoms with van der Waals surface area (Å²) in [5, 5.41) is 4.43. The molecule has 0 radical (unpaired) electrons. The standard InChI is InChI=1S/C18H22ClN/c1-12-5-10-18(13(2)11-12)15(4)20-14(3)16-6-8-17(19)9-7-16/h5-11,14-15,20H,1-4H3/t14-,15?/m0/s1. The van der Waals surface area contributed by atoms with Crippen molar-refractivity contribution in [2.24, 2.45) is 0 Å². The van der Waals surface area contributed by atoms with Gasteiger partial charge in [-0.15, -0.1) is 0 Å². The second kappa shape index (κ2) is 6.43. The van der Waals surface area contributed by atoms with Gasteiger partial charge in [-0.1, -0.05) is 47.5 Å². The lowest BCUT2D eigenvalue weighted by atomic mass is 9.99. The summed E-state index contributed by atoms with van der Waals surface area (Å²) < 4.78 is 0. The summed E-state index contributed by atoms with van der Waals surface area (Å²) in [5.74, 6) is 0. The SMILES string of the molecule is Cc1ccc(C(C)N[C@@H](C)c2ccc(Cl)cc2)c(C)c1. The Kier molecular flexibility index (Phi) is 4.85. The van der Waals surface area contributed by atoms with E-state index in [-0.39, 0.29) is 0 Å². The van der Waals surface area contributed by atoms with Crippen molar-refractivity contribution in [3.8, 4) is 0 Å². The second-order valence-corrected chi connectivity index (χ2v) is 5.96. The van der Waals surface area contributed by atoms with Gasteiger partial charge < -0.3 is 5.32 Å². The second-order valence-electron chi connectivity index (χ2n) is 5.52. The molecule has 0 aliphatic rings. The van der Waals surface area contributed by atoms with E-state index < -0.39 is 0 Å². The monoisotopic (exact) mass is 287 g/mol. The van der Waals surface area contributed by atoms with E-state index >= 15 is 0 Å². The Labute approximate surface area is 127 Å². The van der Waals surface area contributed by atoms with Crippen molar-refractivity contribution >= 4 is 11.6 Å². The predicted octanol–water partition coefficient (Wildman–Crippen LogP) is 5.37. The molecule has 0 saturated heterocycles. The van der Waals surface area contributed by atoms with Crippen LogP contribution in [-0.2, 0) is 0 Å². The molecule has 2 aromatic rings. The molecule has 0 fully saturated rings. The van der Waals surface area contributed by atoms with Crippen LogP contribution in [0.4, 0.5) is 0 Å². The van der Waals surface area contributed by atoms with Crippen LogP contribution < -0.4 is 5.32 Å². The minimum Gasteiger partial charge on any atom is -0.304 e. The van der Waals surface area contributed by atoms with E-state index in [0.717, 1.165) is 5.02 Å². The number of aryl methyl sites for hydroxylation is 2. The van der Waals surface area contributed by atoms with Gasteiger partial charge in [0.1, 0.15) is 0 Å². The van der Waals surface area contributed by atoms with E-state index in [2.05, 4.69) is 63.3 Å². The molecule has 2 rings (SSSR count). The van der Waals surface area contributed by atoms with Gasteiger partial charge in [0.25, 0.3) is 0 Å². The van der Waals surface area contributed by atoms with Gasteiger partial charge in [0.05, 0.1) is 0 Å².